The third kappa shape index (κ3) is 8.75. The van der Waals surface area contributed by atoms with Gasteiger partial charge in [0.2, 0.25) is 11.8 Å². The van der Waals surface area contributed by atoms with Crippen molar-refractivity contribution in [3.8, 4) is 17.6 Å². The fraction of sp³-hybridized carbons (Fsp3) is 0.250. The quantitative estimate of drug-likeness (QED) is 0.0613. The SMILES string of the molecule is CC(NC(=O)N1C(=O)C2(c3cc(C#CCCO)ccc31)C(C(=O)NCC(O)c1ccccc1)C1C(=O)OC(c3ccccc3)C(c3ccccc3)N1C2c1cccc(OCCO)c1)c1ccccc1. The van der Waals surface area contributed by atoms with Crippen molar-refractivity contribution in [3.63, 3.8) is 0 Å². The van der Waals surface area contributed by atoms with Gasteiger partial charge >= 0.3 is 12.0 Å². The van der Waals surface area contributed by atoms with E-state index in [9.17, 15) is 15.3 Å². The molecule has 2 fully saturated rings. The van der Waals surface area contributed by atoms with Crippen LogP contribution in [0, 0.1) is 17.8 Å². The lowest BCUT2D eigenvalue weighted by Gasteiger charge is -2.46. The molecule has 13 heteroatoms. The zero-order valence-corrected chi connectivity index (χ0v) is 37.9. The molecule has 69 heavy (non-hydrogen) atoms. The minimum atomic E-state index is -2.10. The molecule has 1 spiro atoms. The van der Waals surface area contributed by atoms with E-state index < -0.39 is 71.5 Å². The number of rotatable bonds is 13. The summed E-state index contributed by atoms with van der Waals surface area (Å²) in [5, 5.41) is 36.9. The van der Waals surface area contributed by atoms with Crippen LogP contribution in [0.4, 0.5) is 10.5 Å². The molecule has 8 atom stereocenters. The molecule has 0 radical (unpaired) electrons. The van der Waals surface area contributed by atoms with E-state index in [-0.39, 0.29) is 44.0 Å². The molecule has 2 saturated heterocycles. The first kappa shape index (κ1) is 46.5. The van der Waals surface area contributed by atoms with Crippen LogP contribution in [0.1, 0.15) is 82.6 Å². The highest BCUT2D eigenvalue weighted by Crippen LogP contribution is 2.66. The number of nitrogens with zero attached hydrogens (tertiary/aromatic N) is 2. The standard InChI is InChI=1S/C56H52N4O9/c1-36(38-18-6-2-7-19-38)58-55(67)59-45-29-28-37(17-14-15-30-61)33-44(45)56(54(59)66)47(52(64)57-35-46(63)39-20-8-3-9-21-39)49-53(65)69-50(41-24-12-5-13-25-41)48(40-22-10-4-11-23-40)60(49)51(56)42-26-16-27-43(34-42)68-32-31-62/h2-13,16,18-29,33-34,36,46-51,61-63H,15,30-32,35H2,1H3,(H,57,64)(H,58,67). The van der Waals surface area contributed by atoms with Crippen molar-refractivity contribution in [2.45, 2.75) is 55.1 Å². The van der Waals surface area contributed by atoms with E-state index in [1.165, 1.54) is 0 Å². The average Bonchev–Trinajstić information content (AvgIpc) is 3.84. The Bertz CT molecular complexity index is 2880. The minimum Gasteiger partial charge on any atom is -0.491 e. The number of anilines is 1. The van der Waals surface area contributed by atoms with Crippen molar-refractivity contribution in [2.75, 3.05) is 31.3 Å². The largest absolute Gasteiger partial charge is 0.491 e. The Balaban J connectivity index is 1.33. The molecular formula is C56H52N4O9. The van der Waals surface area contributed by atoms with Gasteiger partial charge in [0.15, 0.2) is 0 Å². The number of nitrogens with one attached hydrogen (secondary N) is 2. The van der Waals surface area contributed by atoms with Crippen molar-refractivity contribution in [1.29, 1.82) is 0 Å². The number of fused-ring (bicyclic) bond motifs is 3. The summed E-state index contributed by atoms with van der Waals surface area (Å²) >= 11 is 0. The predicted molar refractivity (Wildman–Crippen MR) is 257 cm³/mol. The van der Waals surface area contributed by atoms with Gasteiger partial charge in [0, 0.05) is 18.5 Å². The van der Waals surface area contributed by atoms with E-state index in [0.717, 1.165) is 16.0 Å². The number of aliphatic hydroxyl groups is 3. The molecule has 0 aliphatic carbocycles. The third-order valence-corrected chi connectivity index (χ3v) is 13.2. The first-order chi connectivity index (χ1) is 33.7. The normalized spacial score (nSPS) is 22.4. The van der Waals surface area contributed by atoms with Crippen LogP contribution >= 0.6 is 0 Å². The molecule has 6 aromatic carbocycles. The molecule has 6 aromatic rings. The molecule has 350 valence electrons. The van der Waals surface area contributed by atoms with Crippen molar-refractivity contribution in [3.05, 3.63) is 203 Å². The molecule has 8 unspecified atom stereocenters. The molecule has 0 bridgehead atoms. The second-order valence-corrected chi connectivity index (χ2v) is 17.3. The van der Waals surface area contributed by atoms with Gasteiger partial charge in [-0.1, -0.05) is 145 Å². The van der Waals surface area contributed by atoms with Crippen molar-refractivity contribution >= 4 is 29.5 Å². The summed E-state index contributed by atoms with van der Waals surface area (Å²) in [6, 6.07) is 43.9. The van der Waals surface area contributed by atoms with Gasteiger partial charge < -0.3 is 35.4 Å². The molecule has 0 aromatic heterocycles. The molecule has 4 amide bonds. The fourth-order valence-electron chi connectivity index (χ4n) is 10.3. The number of amides is 4. The van der Waals surface area contributed by atoms with Gasteiger partial charge in [-0.05, 0) is 70.6 Å². The van der Waals surface area contributed by atoms with Crippen molar-refractivity contribution < 1.29 is 44.0 Å². The summed E-state index contributed by atoms with van der Waals surface area (Å²) in [5.41, 5.74) is 1.94. The molecule has 0 saturated carbocycles. The maximum absolute atomic E-state index is 16.6. The second kappa shape index (κ2) is 20.3. The lowest BCUT2D eigenvalue weighted by molar-refractivity contribution is -0.178. The number of morpholine rings is 1. The highest BCUT2D eigenvalue weighted by molar-refractivity contribution is 6.24. The van der Waals surface area contributed by atoms with Crippen LogP contribution in [-0.2, 0) is 24.5 Å². The zero-order chi connectivity index (χ0) is 48.1. The van der Waals surface area contributed by atoms with Crippen molar-refractivity contribution in [1.82, 2.24) is 15.5 Å². The van der Waals surface area contributed by atoms with Crippen LogP contribution in [0.15, 0.2) is 164 Å². The van der Waals surface area contributed by atoms with Gasteiger partial charge in [0.05, 0.1) is 49.0 Å². The van der Waals surface area contributed by atoms with Crippen LogP contribution in [0.2, 0.25) is 0 Å². The monoisotopic (exact) mass is 924 g/mol. The highest BCUT2D eigenvalue weighted by atomic mass is 16.6. The van der Waals surface area contributed by atoms with Crippen LogP contribution in [0.25, 0.3) is 0 Å². The first-order valence-corrected chi connectivity index (χ1v) is 23.0. The van der Waals surface area contributed by atoms with Crippen LogP contribution in [0.5, 0.6) is 5.75 Å². The summed E-state index contributed by atoms with van der Waals surface area (Å²) in [5.74, 6) is 2.50. The Labute approximate surface area is 400 Å². The van der Waals surface area contributed by atoms with E-state index in [1.807, 2.05) is 102 Å². The summed E-state index contributed by atoms with van der Waals surface area (Å²) in [7, 11) is 0. The fourth-order valence-corrected chi connectivity index (χ4v) is 10.3. The van der Waals surface area contributed by atoms with Crippen molar-refractivity contribution in [2.24, 2.45) is 5.92 Å². The van der Waals surface area contributed by atoms with E-state index in [1.54, 1.807) is 73.7 Å². The number of aliphatic hydroxyl groups excluding tert-OH is 3. The molecule has 9 rings (SSSR count). The Morgan fingerprint density at radius 1 is 0.754 bits per heavy atom. The summed E-state index contributed by atoms with van der Waals surface area (Å²) in [4.78, 5) is 65.8. The van der Waals surface area contributed by atoms with Crippen LogP contribution < -0.4 is 20.3 Å². The Hall–Kier alpha value is -7.60. The number of imide groups is 1. The van der Waals surface area contributed by atoms with E-state index in [0.29, 0.717) is 28.0 Å². The lowest BCUT2D eigenvalue weighted by Crippen LogP contribution is -2.56. The topological polar surface area (TPSA) is 178 Å². The third-order valence-electron chi connectivity index (χ3n) is 13.2. The maximum atomic E-state index is 16.6. The predicted octanol–water partition coefficient (Wildman–Crippen LogP) is 6.78. The summed E-state index contributed by atoms with van der Waals surface area (Å²) < 4.78 is 12.6. The average molecular weight is 925 g/mol. The number of carbonyl (C=O) groups excluding carboxylic acids is 4. The number of carbonyl (C=O) groups is 4. The van der Waals surface area contributed by atoms with Gasteiger partial charge in [-0.15, -0.1) is 0 Å². The number of benzene rings is 6. The Morgan fingerprint density at radius 2 is 1.39 bits per heavy atom. The molecule has 13 nitrogen and oxygen atoms in total. The number of cyclic esters (lactones) is 1. The van der Waals surface area contributed by atoms with E-state index in [4.69, 9.17) is 9.47 Å². The van der Waals surface area contributed by atoms with E-state index in [2.05, 4.69) is 22.5 Å². The number of hydrogen-bond acceptors (Lipinski definition) is 10. The van der Waals surface area contributed by atoms with Gasteiger partial charge in [-0.2, -0.15) is 0 Å². The lowest BCUT2D eigenvalue weighted by atomic mass is 9.65. The summed E-state index contributed by atoms with van der Waals surface area (Å²) in [6.45, 7) is 1.01. The molecule has 3 aliphatic rings. The Kier molecular flexibility index (Phi) is 13.7. The molecular weight excluding hydrogens is 873 g/mol. The summed E-state index contributed by atoms with van der Waals surface area (Å²) in [6.07, 6.45) is -1.96. The zero-order valence-electron chi connectivity index (χ0n) is 37.9. The van der Waals surface area contributed by atoms with Crippen LogP contribution in [-0.4, -0.2) is 76.4 Å². The van der Waals surface area contributed by atoms with Gasteiger partial charge in [0.25, 0.3) is 0 Å². The van der Waals surface area contributed by atoms with Gasteiger partial charge in [-0.3, -0.25) is 19.3 Å². The number of esters is 1. The number of hydrogen-bond donors (Lipinski definition) is 5. The second-order valence-electron chi connectivity index (χ2n) is 17.3. The molecule has 3 aliphatic heterocycles. The number of urea groups is 1. The van der Waals surface area contributed by atoms with Gasteiger partial charge in [-0.25, -0.2) is 9.69 Å². The van der Waals surface area contributed by atoms with Gasteiger partial charge in [0.1, 0.15) is 29.9 Å². The van der Waals surface area contributed by atoms with E-state index >= 15 is 19.2 Å². The molecule has 5 N–H and O–H groups in total. The maximum Gasteiger partial charge on any atom is 0.329 e. The minimum absolute atomic E-state index is 0.0411. The number of ether oxygens (including phenoxy) is 2. The first-order valence-electron chi connectivity index (χ1n) is 23.0. The smallest absolute Gasteiger partial charge is 0.329 e. The van der Waals surface area contributed by atoms with Crippen LogP contribution in [0.3, 0.4) is 0 Å². The highest BCUT2D eigenvalue weighted by Gasteiger charge is 2.75. The Morgan fingerprint density at radius 3 is 2.06 bits per heavy atom. The molecule has 3 heterocycles.